The lowest BCUT2D eigenvalue weighted by Gasteiger charge is -2.45. The van der Waals surface area contributed by atoms with Gasteiger partial charge in [-0.15, -0.1) is 0 Å². The Morgan fingerprint density at radius 2 is 1.46 bits per heavy atom. The van der Waals surface area contributed by atoms with Crippen molar-refractivity contribution in [2.24, 2.45) is 0 Å². The summed E-state index contributed by atoms with van der Waals surface area (Å²) in [5.41, 5.74) is 0.170. The Balaban J connectivity index is 1.75. The van der Waals surface area contributed by atoms with Gasteiger partial charge in [0.15, 0.2) is 17.8 Å². The second-order valence-corrected chi connectivity index (χ2v) is 7.98. The highest BCUT2D eigenvalue weighted by atomic mass is 16.7. The van der Waals surface area contributed by atoms with E-state index in [1.807, 2.05) is 0 Å². The molecule has 3 rings (SSSR count). The summed E-state index contributed by atoms with van der Waals surface area (Å²) in [7, 11) is 2.53. The Hall–Kier alpha value is -2.11. The summed E-state index contributed by atoms with van der Waals surface area (Å²) in [5, 5.41) is 70.4. The Morgan fingerprint density at radius 1 is 0.829 bits per heavy atom. The van der Waals surface area contributed by atoms with Gasteiger partial charge in [0.2, 0.25) is 6.29 Å². The van der Waals surface area contributed by atoms with Gasteiger partial charge in [0.1, 0.15) is 48.8 Å². The Morgan fingerprint density at radius 3 is 2.06 bits per heavy atom. The summed E-state index contributed by atoms with van der Waals surface area (Å²) in [4.78, 5) is 11.7. The molecule has 0 spiro atoms. The summed E-state index contributed by atoms with van der Waals surface area (Å²) in [5.74, 6) is -0.479. The first-order valence-electron chi connectivity index (χ1n) is 10.7. The van der Waals surface area contributed by atoms with E-state index in [1.165, 1.54) is 32.4 Å². The minimum atomic E-state index is -1.77. The van der Waals surface area contributed by atoms with Crippen molar-refractivity contribution in [3.8, 4) is 11.5 Å². The molecule has 2 heterocycles. The second kappa shape index (κ2) is 11.7. The standard InChI is InChI=1S/C21H30O14/c1-30-10-5-8(19(29)31-2)3-4-9(10)32-20-17(28)15(26)18(12(7-23)34-20)35-21-16(27)14(25)13(24)11(6-22)33-21/h3-5,11-18,20-28H,6-7H2,1-2H3/t11-,12-,13+,14+,15-,16-,17-,18-,20-,21+/m1/s1. The third kappa shape index (κ3) is 5.67. The fraction of sp³-hybridized carbons (Fsp3) is 0.667. The Bertz CT molecular complexity index is 847. The van der Waals surface area contributed by atoms with E-state index in [-0.39, 0.29) is 17.1 Å². The zero-order chi connectivity index (χ0) is 25.9. The number of rotatable bonds is 8. The van der Waals surface area contributed by atoms with Crippen molar-refractivity contribution in [3.63, 3.8) is 0 Å². The largest absolute Gasteiger partial charge is 0.493 e. The van der Waals surface area contributed by atoms with Crippen molar-refractivity contribution in [1.29, 1.82) is 0 Å². The van der Waals surface area contributed by atoms with Crippen LogP contribution in [-0.2, 0) is 18.9 Å². The van der Waals surface area contributed by atoms with Crippen LogP contribution in [0.1, 0.15) is 10.4 Å². The molecular formula is C21H30O14. The van der Waals surface area contributed by atoms with Crippen LogP contribution in [0.15, 0.2) is 18.2 Å². The predicted molar refractivity (Wildman–Crippen MR) is 111 cm³/mol. The van der Waals surface area contributed by atoms with E-state index in [2.05, 4.69) is 4.74 Å². The average molecular weight is 506 g/mol. The lowest BCUT2D eigenvalue weighted by atomic mass is 9.97. The molecule has 0 bridgehead atoms. The minimum Gasteiger partial charge on any atom is -0.493 e. The maximum Gasteiger partial charge on any atom is 0.337 e. The summed E-state index contributed by atoms with van der Waals surface area (Å²) in [6.45, 7) is -1.42. The molecule has 0 aromatic heterocycles. The third-order valence-corrected chi connectivity index (χ3v) is 5.79. The van der Waals surface area contributed by atoms with Crippen LogP contribution in [0, 0.1) is 0 Å². The highest BCUT2D eigenvalue weighted by Crippen LogP contribution is 2.34. The average Bonchev–Trinajstić information content (AvgIpc) is 2.87. The molecule has 10 atom stereocenters. The van der Waals surface area contributed by atoms with Crippen LogP contribution < -0.4 is 9.47 Å². The summed E-state index contributed by atoms with van der Waals surface area (Å²) < 4.78 is 31.8. The normalized spacial score (nSPS) is 37.5. The maximum absolute atomic E-state index is 11.7. The van der Waals surface area contributed by atoms with Gasteiger partial charge in [-0.1, -0.05) is 0 Å². The fourth-order valence-electron chi connectivity index (χ4n) is 3.79. The number of methoxy groups -OCH3 is 2. The van der Waals surface area contributed by atoms with E-state index < -0.39 is 80.6 Å². The van der Waals surface area contributed by atoms with Crippen molar-refractivity contribution < 1.29 is 69.0 Å². The molecule has 14 heteroatoms. The number of carbonyl (C=O) groups excluding carboxylic acids is 1. The van der Waals surface area contributed by atoms with Crippen molar-refractivity contribution in [2.75, 3.05) is 27.4 Å². The molecule has 0 amide bonds. The van der Waals surface area contributed by atoms with Gasteiger partial charge in [-0.3, -0.25) is 0 Å². The van der Waals surface area contributed by atoms with Crippen LogP contribution in [0.4, 0.5) is 0 Å². The Labute approximate surface area is 199 Å². The number of hydrogen-bond donors (Lipinski definition) is 7. The first-order chi connectivity index (χ1) is 16.7. The number of aliphatic hydroxyl groups excluding tert-OH is 7. The van der Waals surface area contributed by atoms with Gasteiger partial charge in [0.25, 0.3) is 0 Å². The first kappa shape index (κ1) is 27.5. The number of hydrogen-bond acceptors (Lipinski definition) is 14. The van der Waals surface area contributed by atoms with Crippen LogP contribution in [-0.4, -0.2) is 131 Å². The molecule has 14 nitrogen and oxygen atoms in total. The zero-order valence-electron chi connectivity index (χ0n) is 18.9. The molecule has 2 aliphatic rings. The van der Waals surface area contributed by atoms with Crippen LogP contribution in [0.25, 0.3) is 0 Å². The first-order valence-corrected chi connectivity index (χ1v) is 10.7. The minimum absolute atomic E-state index is 0.0430. The van der Waals surface area contributed by atoms with E-state index in [4.69, 9.17) is 23.7 Å². The number of carbonyl (C=O) groups is 1. The molecule has 1 aromatic carbocycles. The highest BCUT2D eigenvalue weighted by Gasteiger charge is 2.51. The van der Waals surface area contributed by atoms with Gasteiger partial charge in [-0.2, -0.15) is 0 Å². The number of esters is 1. The smallest absolute Gasteiger partial charge is 0.337 e. The molecule has 0 unspecified atom stereocenters. The summed E-state index contributed by atoms with van der Waals surface area (Å²) in [6, 6.07) is 4.07. The van der Waals surface area contributed by atoms with Crippen molar-refractivity contribution in [3.05, 3.63) is 23.8 Å². The molecule has 35 heavy (non-hydrogen) atoms. The molecule has 2 saturated heterocycles. The van der Waals surface area contributed by atoms with Gasteiger partial charge in [0.05, 0.1) is 33.0 Å². The molecule has 1 aromatic rings. The van der Waals surface area contributed by atoms with Gasteiger partial charge in [-0.25, -0.2) is 4.79 Å². The molecule has 7 N–H and O–H groups in total. The van der Waals surface area contributed by atoms with E-state index in [9.17, 15) is 40.5 Å². The zero-order valence-corrected chi connectivity index (χ0v) is 18.9. The summed E-state index contributed by atoms with van der Waals surface area (Å²) >= 11 is 0. The van der Waals surface area contributed by atoms with Crippen LogP contribution >= 0.6 is 0 Å². The second-order valence-electron chi connectivity index (χ2n) is 7.98. The van der Waals surface area contributed by atoms with Gasteiger partial charge in [-0.05, 0) is 18.2 Å². The van der Waals surface area contributed by atoms with Crippen molar-refractivity contribution >= 4 is 5.97 Å². The van der Waals surface area contributed by atoms with Gasteiger partial charge >= 0.3 is 5.97 Å². The third-order valence-electron chi connectivity index (χ3n) is 5.79. The molecule has 0 saturated carbocycles. The Kier molecular flexibility index (Phi) is 9.22. The predicted octanol–water partition coefficient (Wildman–Crippen LogP) is -3.52. The molecule has 198 valence electrons. The van der Waals surface area contributed by atoms with E-state index >= 15 is 0 Å². The molecule has 2 aliphatic heterocycles. The van der Waals surface area contributed by atoms with Gasteiger partial charge < -0.3 is 64.2 Å². The lowest BCUT2D eigenvalue weighted by molar-refractivity contribution is -0.352. The van der Waals surface area contributed by atoms with Crippen molar-refractivity contribution in [1.82, 2.24) is 0 Å². The number of benzene rings is 1. The highest BCUT2D eigenvalue weighted by molar-refractivity contribution is 5.90. The quantitative estimate of drug-likeness (QED) is 0.170. The molecule has 0 radical (unpaired) electrons. The monoisotopic (exact) mass is 506 g/mol. The molecule has 2 fully saturated rings. The van der Waals surface area contributed by atoms with Gasteiger partial charge in [0, 0.05) is 0 Å². The van der Waals surface area contributed by atoms with E-state index in [0.29, 0.717) is 0 Å². The number of ether oxygens (including phenoxy) is 6. The molecular weight excluding hydrogens is 476 g/mol. The van der Waals surface area contributed by atoms with Crippen LogP contribution in [0.3, 0.4) is 0 Å². The maximum atomic E-state index is 11.7. The topological polar surface area (TPSA) is 214 Å². The molecule has 0 aliphatic carbocycles. The lowest BCUT2D eigenvalue weighted by Crippen LogP contribution is -2.65. The SMILES string of the molecule is COC(=O)c1ccc(O[C@@H]2O[C@H](CO)[C@@H](O[C@@H]3O[C@H](CO)[C@H](O)[C@H](O)[C@H]3O)[C@H](O)[C@H]2O)c(OC)c1. The van der Waals surface area contributed by atoms with Crippen molar-refractivity contribution in [2.45, 2.75) is 61.4 Å². The fourth-order valence-corrected chi connectivity index (χ4v) is 3.79. The van der Waals surface area contributed by atoms with Crippen LogP contribution in [0.2, 0.25) is 0 Å². The number of aliphatic hydroxyl groups is 7. The van der Waals surface area contributed by atoms with E-state index in [0.717, 1.165) is 0 Å². The summed E-state index contributed by atoms with van der Waals surface area (Å²) in [6.07, 6.45) is -15.8. The van der Waals surface area contributed by atoms with E-state index in [1.54, 1.807) is 0 Å². The van der Waals surface area contributed by atoms with Crippen LogP contribution in [0.5, 0.6) is 11.5 Å².